The number of carbonyl (C=O) groups excluding carboxylic acids is 1. The maximum absolute atomic E-state index is 12.3. The number of nitrogens with zero attached hydrogens (tertiary/aromatic N) is 3. The van der Waals surface area contributed by atoms with Gasteiger partial charge in [0.1, 0.15) is 5.75 Å². The van der Waals surface area contributed by atoms with Crippen LogP contribution in [0, 0.1) is 17.0 Å². The highest BCUT2D eigenvalue weighted by Gasteiger charge is 2.13. The molecule has 1 heterocycles. The van der Waals surface area contributed by atoms with E-state index in [2.05, 4.69) is 4.99 Å². The summed E-state index contributed by atoms with van der Waals surface area (Å²) in [4.78, 5) is 27.5. The normalized spacial score (nSPS) is 11.7. The molecule has 0 bridgehead atoms. The van der Waals surface area contributed by atoms with Crippen LogP contribution in [0.15, 0.2) is 47.5 Å². The van der Waals surface area contributed by atoms with Crippen LogP contribution in [-0.2, 0) is 16.1 Å². The standard InChI is InChI=1S/C19H19N3O5S/c1-13-5-3-4-6-16(13)27-12-18(23)20-19-21(9-10-26-2)15-8-7-14(22(24)25)11-17(15)28-19/h3-8,11H,9-10,12H2,1-2H3. The molecule has 0 radical (unpaired) electrons. The molecule has 146 valence electrons. The Kier molecular flexibility index (Phi) is 6.17. The lowest BCUT2D eigenvalue weighted by Crippen LogP contribution is -2.21. The van der Waals surface area contributed by atoms with Gasteiger partial charge in [-0.3, -0.25) is 14.9 Å². The van der Waals surface area contributed by atoms with Gasteiger partial charge >= 0.3 is 0 Å². The summed E-state index contributed by atoms with van der Waals surface area (Å²) in [5.41, 5.74) is 1.69. The molecule has 0 aliphatic carbocycles. The number of aromatic nitrogens is 1. The third-order valence-electron chi connectivity index (χ3n) is 4.06. The van der Waals surface area contributed by atoms with Gasteiger partial charge in [-0.25, -0.2) is 0 Å². The molecule has 1 amide bonds. The molecule has 1 aromatic heterocycles. The zero-order valence-electron chi connectivity index (χ0n) is 15.5. The van der Waals surface area contributed by atoms with Gasteiger partial charge in [0.25, 0.3) is 11.6 Å². The third kappa shape index (κ3) is 4.44. The predicted octanol–water partition coefficient (Wildman–Crippen LogP) is 3.07. The summed E-state index contributed by atoms with van der Waals surface area (Å²) in [5, 5.41) is 11.0. The van der Waals surface area contributed by atoms with Gasteiger partial charge in [-0.15, -0.1) is 0 Å². The predicted molar refractivity (Wildman–Crippen MR) is 106 cm³/mol. The summed E-state index contributed by atoms with van der Waals surface area (Å²) in [6.45, 7) is 2.60. The van der Waals surface area contributed by atoms with E-state index >= 15 is 0 Å². The SMILES string of the molecule is COCCn1c(=NC(=O)COc2ccccc2C)sc2cc([N+](=O)[O-])ccc21. The molecule has 0 aliphatic heterocycles. The largest absolute Gasteiger partial charge is 0.483 e. The third-order valence-corrected chi connectivity index (χ3v) is 5.10. The van der Waals surface area contributed by atoms with E-state index in [0.29, 0.717) is 28.4 Å². The van der Waals surface area contributed by atoms with Crippen LogP contribution in [0.5, 0.6) is 5.75 Å². The van der Waals surface area contributed by atoms with Crippen LogP contribution < -0.4 is 9.54 Å². The van der Waals surface area contributed by atoms with Gasteiger partial charge in [0.2, 0.25) is 0 Å². The number of benzene rings is 2. The highest BCUT2D eigenvalue weighted by molar-refractivity contribution is 7.16. The Morgan fingerprint density at radius 3 is 2.79 bits per heavy atom. The van der Waals surface area contributed by atoms with Crippen molar-refractivity contribution in [2.24, 2.45) is 4.99 Å². The van der Waals surface area contributed by atoms with Crippen molar-refractivity contribution >= 4 is 33.1 Å². The second-order valence-electron chi connectivity index (χ2n) is 6.00. The fourth-order valence-corrected chi connectivity index (χ4v) is 3.76. The van der Waals surface area contributed by atoms with Crippen molar-refractivity contribution in [3.8, 4) is 5.75 Å². The molecule has 0 aliphatic rings. The first-order chi connectivity index (χ1) is 13.5. The number of thiazole rings is 1. The first-order valence-electron chi connectivity index (χ1n) is 8.52. The molecule has 8 nitrogen and oxygen atoms in total. The summed E-state index contributed by atoms with van der Waals surface area (Å²) in [5.74, 6) is 0.195. The smallest absolute Gasteiger partial charge is 0.286 e. The van der Waals surface area contributed by atoms with Crippen molar-refractivity contribution < 1.29 is 19.2 Å². The highest BCUT2D eigenvalue weighted by Crippen LogP contribution is 2.23. The van der Waals surface area contributed by atoms with Gasteiger partial charge < -0.3 is 14.0 Å². The van der Waals surface area contributed by atoms with Crippen LogP contribution in [0.3, 0.4) is 0 Å². The molecule has 28 heavy (non-hydrogen) atoms. The Bertz CT molecular complexity index is 1090. The fourth-order valence-electron chi connectivity index (χ4n) is 2.66. The quantitative estimate of drug-likeness (QED) is 0.448. The Morgan fingerprint density at radius 2 is 2.07 bits per heavy atom. The Balaban J connectivity index is 1.91. The maximum Gasteiger partial charge on any atom is 0.286 e. The average Bonchev–Trinajstić information content (AvgIpc) is 3.01. The van der Waals surface area contributed by atoms with Gasteiger partial charge in [0, 0.05) is 25.8 Å². The first kappa shape index (κ1) is 19.7. The number of fused-ring (bicyclic) bond motifs is 1. The molecule has 3 aromatic rings. The number of para-hydroxylation sites is 1. The van der Waals surface area contributed by atoms with Crippen LogP contribution in [0.25, 0.3) is 10.2 Å². The maximum atomic E-state index is 12.3. The number of amides is 1. The minimum Gasteiger partial charge on any atom is -0.483 e. The average molecular weight is 401 g/mol. The van der Waals surface area contributed by atoms with Crippen LogP contribution in [0.2, 0.25) is 0 Å². The molecule has 9 heteroatoms. The molecule has 0 fully saturated rings. The number of non-ortho nitro benzene ring substituents is 1. The van der Waals surface area contributed by atoms with Crippen LogP contribution in [-0.4, -0.2) is 35.7 Å². The second kappa shape index (κ2) is 8.77. The van der Waals surface area contributed by atoms with Crippen molar-refractivity contribution in [2.75, 3.05) is 20.3 Å². The summed E-state index contributed by atoms with van der Waals surface area (Å²) in [6, 6.07) is 12.0. The molecular formula is C19H19N3O5S. The van der Waals surface area contributed by atoms with E-state index < -0.39 is 10.8 Å². The van der Waals surface area contributed by atoms with Gasteiger partial charge in [0.05, 0.1) is 21.7 Å². The number of ether oxygens (including phenoxy) is 2. The van der Waals surface area contributed by atoms with Crippen LogP contribution in [0.4, 0.5) is 5.69 Å². The van der Waals surface area contributed by atoms with E-state index in [0.717, 1.165) is 11.1 Å². The number of rotatable bonds is 7. The monoisotopic (exact) mass is 401 g/mol. The molecule has 0 spiro atoms. The zero-order valence-corrected chi connectivity index (χ0v) is 16.3. The van der Waals surface area contributed by atoms with E-state index in [1.54, 1.807) is 19.2 Å². The van der Waals surface area contributed by atoms with Crippen LogP contribution in [0.1, 0.15) is 5.56 Å². The minimum absolute atomic E-state index is 0.00611. The molecule has 0 N–H and O–H groups in total. The number of carbonyl (C=O) groups is 1. The number of aryl methyl sites for hydroxylation is 1. The fraction of sp³-hybridized carbons (Fsp3) is 0.263. The summed E-state index contributed by atoms with van der Waals surface area (Å²) in [6.07, 6.45) is 0. The molecular weight excluding hydrogens is 382 g/mol. The number of nitro groups is 1. The van der Waals surface area contributed by atoms with Crippen LogP contribution >= 0.6 is 11.3 Å². The molecule has 0 unspecified atom stereocenters. The Hall–Kier alpha value is -3.04. The van der Waals surface area contributed by atoms with Gasteiger partial charge in [-0.1, -0.05) is 29.5 Å². The van der Waals surface area contributed by atoms with Crippen molar-refractivity contribution in [3.05, 3.63) is 62.9 Å². The Labute approximate surface area is 164 Å². The second-order valence-corrected chi connectivity index (χ2v) is 7.01. The van der Waals surface area contributed by atoms with Crippen molar-refractivity contribution in [2.45, 2.75) is 13.5 Å². The van der Waals surface area contributed by atoms with E-state index in [1.165, 1.54) is 23.5 Å². The summed E-state index contributed by atoms with van der Waals surface area (Å²) >= 11 is 1.22. The lowest BCUT2D eigenvalue weighted by molar-refractivity contribution is -0.384. The number of hydrogen-bond donors (Lipinski definition) is 0. The number of methoxy groups -OCH3 is 1. The van der Waals surface area contributed by atoms with Crippen molar-refractivity contribution in [1.82, 2.24) is 4.57 Å². The van der Waals surface area contributed by atoms with Crippen molar-refractivity contribution in [1.29, 1.82) is 0 Å². The highest BCUT2D eigenvalue weighted by atomic mass is 32.1. The molecule has 3 rings (SSSR count). The molecule has 0 saturated carbocycles. The van der Waals surface area contributed by atoms with E-state index in [4.69, 9.17) is 9.47 Å². The Morgan fingerprint density at radius 1 is 1.29 bits per heavy atom. The van der Waals surface area contributed by atoms with E-state index in [9.17, 15) is 14.9 Å². The molecule has 2 aromatic carbocycles. The molecule has 0 atom stereocenters. The number of nitro benzene ring substituents is 1. The minimum atomic E-state index is -0.448. The van der Waals surface area contributed by atoms with Gasteiger partial charge in [-0.2, -0.15) is 4.99 Å². The van der Waals surface area contributed by atoms with E-state index in [1.807, 2.05) is 29.7 Å². The van der Waals surface area contributed by atoms with E-state index in [-0.39, 0.29) is 12.3 Å². The van der Waals surface area contributed by atoms with Gasteiger partial charge in [0.15, 0.2) is 11.4 Å². The number of hydrogen-bond acceptors (Lipinski definition) is 6. The lowest BCUT2D eigenvalue weighted by atomic mass is 10.2. The topological polar surface area (TPSA) is 96.0 Å². The summed E-state index contributed by atoms with van der Waals surface area (Å²) in [7, 11) is 1.58. The summed E-state index contributed by atoms with van der Waals surface area (Å²) < 4.78 is 13.2. The van der Waals surface area contributed by atoms with Crippen molar-refractivity contribution in [3.63, 3.8) is 0 Å². The molecule has 0 saturated heterocycles. The lowest BCUT2D eigenvalue weighted by Gasteiger charge is -2.06. The zero-order chi connectivity index (χ0) is 20.1. The van der Waals surface area contributed by atoms with Gasteiger partial charge in [-0.05, 0) is 24.6 Å². The first-order valence-corrected chi connectivity index (χ1v) is 9.34.